The van der Waals surface area contributed by atoms with Crippen LogP contribution in [0.4, 0.5) is 0 Å². The van der Waals surface area contributed by atoms with Crippen LogP contribution in [-0.4, -0.2) is 13.7 Å². The van der Waals surface area contributed by atoms with Gasteiger partial charge in [-0.15, -0.1) is 0 Å². The molecule has 0 aliphatic carbocycles. The zero-order valence-corrected chi connectivity index (χ0v) is 29.1. The third kappa shape index (κ3) is 3.97. The van der Waals surface area contributed by atoms with Gasteiger partial charge in [-0.25, -0.2) is 0 Å². The van der Waals surface area contributed by atoms with Gasteiger partial charge < -0.3 is 8.98 Å². The normalized spacial score (nSPS) is 12.1. The Bertz CT molecular complexity index is 3380. The zero-order valence-electron chi connectivity index (χ0n) is 29.1. The van der Waals surface area contributed by atoms with E-state index in [-0.39, 0.29) is 0 Å². The van der Waals surface area contributed by atoms with Crippen LogP contribution < -0.4 is 0 Å². The molecule has 252 valence electrons. The van der Waals surface area contributed by atoms with Crippen LogP contribution in [0, 0.1) is 0 Å². The third-order valence-electron chi connectivity index (χ3n) is 11.2. The molecule has 0 N–H and O–H groups in total. The number of aromatic nitrogens is 3. The first-order valence-corrected chi connectivity index (χ1v) is 18.5. The number of hydrogen-bond acceptors (Lipinski definition) is 1. The fourth-order valence-corrected chi connectivity index (χ4v) is 9.04. The van der Waals surface area contributed by atoms with E-state index < -0.39 is 0 Å². The maximum Gasteiger partial charge on any atom is 0.137 e. The summed E-state index contributed by atoms with van der Waals surface area (Å²) in [4.78, 5) is 0. The number of rotatable bonds is 4. The van der Waals surface area contributed by atoms with E-state index in [0.29, 0.717) is 0 Å². The van der Waals surface area contributed by atoms with Crippen molar-refractivity contribution in [1.29, 1.82) is 0 Å². The summed E-state index contributed by atoms with van der Waals surface area (Å²) in [6.45, 7) is 0. The van der Waals surface area contributed by atoms with Crippen LogP contribution in [0.25, 0.3) is 105 Å². The summed E-state index contributed by atoms with van der Waals surface area (Å²) in [6, 6.07) is 67.6. The number of hydrogen-bond donors (Lipinski definition) is 0. The van der Waals surface area contributed by atoms with Gasteiger partial charge in [-0.3, -0.25) is 9.13 Å². The van der Waals surface area contributed by atoms with E-state index in [9.17, 15) is 0 Å². The lowest BCUT2D eigenvalue weighted by atomic mass is 9.99. The molecule has 4 aromatic heterocycles. The lowest BCUT2D eigenvalue weighted by Crippen LogP contribution is -2.02. The molecule has 0 aliphatic rings. The summed E-state index contributed by atoms with van der Waals surface area (Å²) >= 11 is 0. The van der Waals surface area contributed by atoms with E-state index in [1.807, 2.05) is 0 Å². The molecule has 0 aliphatic heterocycles. The molecular weight excluding hydrogens is 659 g/mol. The molecule has 54 heavy (non-hydrogen) atoms. The maximum absolute atomic E-state index is 6.61. The summed E-state index contributed by atoms with van der Waals surface area (Å²) in [6.07, 6.45) is 0. The molecular formula is C50H31N3O. The summed E-state index contributed by atoms with van der Waals surface area (Å²) in [7, 11) is 0. The van der Waals surface area contributed by atoms with Crippen LogP contribution in [0.1, 0.15) is 0 Å². The van der Waals surface area contributed by atoms with Gasteiger partial charge >= 0.3 is 0 Å². The van der Waals surface area contributed by atoms with Gasteiger partial charge in [0.05, 0.1) is 33.1 Å². The van der Waals surface area contributed by atoms with Crippen molar-refractivity contribution in [3.05, 3.63) is 188 Å². The minimum Gasteiger partial charge on any atom is -0.456 e. The minimum atomic E-state index is 0.874. The Kier molecular flexibility index (Phi) is 6.02. The van der Waals surface area contributed by atoms with E-state index in [0.717, 1.165) is 50.2 Å². The van der Waals surface area contributed by atoms with Gasteiger partial charge in [-0.1, -0.05) is 121 Å². The number of furan rings is 1. The van der Waals surface area contributed by atoms with Crippen molar-refractivity contribution < 1.29 is 4.42 Å². The molecule has 4 heterocycles. The first kappa shape index (κ1) is 29.3. The number of benzene rings is 8. The SMILES string of the molecule is c1ccc(-n2c3ccccc3c3c4cccc(-c5ccc6oc7cccc(-n8c9ccccc9c9ccccc98)c7c6c5)c4n(-c4ccccc4)c32)cc1. The van der Waals surface area contributed by atoms with Crippen molar-refractivity contribution in [1.82, 2.24) is 13.7 Å². The van der Waals surface area contributed by atoms with E-state index in [4.69, 9.17) is 4.42 Å². The first-order valence-electron chi connectivity index (χ1n) is 18.5. The smallest absolute Gasteiger partial charge is 0.137 e. The fraction of sp³-hybridized carbons (Fsp3) is 0. The number of nitrogens with zero attached hydrogens (tertiary/aromatic N) is 3. The number of para-hydroxylation sites is 6. The first-order chi connectivity index (χ1) is 26.8. The Morgan fingerprint density at radius 3 is 1.63 bits per heavy atom. The van der Waals surface area contributed by atoms with Crippen molar-refractivity contribution in [3.63, 3.8) is 0 Å². The molecule has 0 spiro atoms. The average molecular weight is 690 g/mol. The fourth-order valence-electron chi connectivity index (χ4n) is 9.04. The van der Waals surface area contributed by atoms with Crippen LogP contribution in [0.2, 0.25) is 0 Å². The highest BCUT2D eigenvalue weighted by Crippen LogP contribution is 2.45. The summed E-state index contributed by atoms with van der Waals surface area (Å²) in [5.74, 6) is 0. The highest BCUT2D eigenvalue weighted by molar-refractivity contribution is 6.25. The second-order valence-electron chi connectivity index (χ2n) is 14.1. The van der Waals surface area contributed by atoms with Crippen molar-refractivity contribution in [2.75, 3.05) is 0 Å². The molecule has 0 saturated heterocycles. The van der Waals surface area contributed by atoms with Gasteiger partial charge in [0.25, 0.3) is 0 Å². The van der Waals surface area contributed by atoms with E-state index in [1.165, 1.54) is 54.6 Å². The molecule has 0 fully saturated rings. The van der Waals surface area contributed by atoms with Gasteiger partial charge in [0.1, 0.15) is 16.8 Å². The van der Waals surface area contributed by atoms with E-state index in [2.05, 4.69) is 202 Å². The zero-order chi connectivity index (χ0) is 35.3. The van der Waals surface area contributed by atoms with Crippen molar-refractivity contribution in [2.45, 2.75) is 0 Å². The van der Waals surface area contributed by atoms with Crippen molar-refractivity contribution in [2.24, 2.45) is 0 Å². The van der Waals surface area contributed by atoms with Crippen molar-refractivity contribution in [3.8, 4) is 28.2 Å². The van der Waals surface area contributed by atoms with Gasteiger partial charge in [-0.2, -0.15) is 0 Å². The molecule has 0 atom stereocenters. The quantitative estimate of drug-likeness (QED) is 0.181. The Balaban J connectivity index is 1.19. The lowest BCUT2D eigenvalue weighted by Gasteiger charge is -2.15. The molecule has 0 bridgehead atoms. The topological polar surface area (TPSA) is 27.9 Å². The monoisotopic (exact) mass is 689 g/mol. The van der Waals surface area contributed by atoms with Crippen LogP contribution >= 0.6 is 0 Å². The maximum atomic E-state index is 6.61. The summed E-state index contributed by atoms with van der Waals surface area (Å²) in [5.41, 5.74) is 13.3. The largest absolute Gasteiger partial charge is 0.456 e. The lowest BCUT2D eigenvalue weighted by molar-refractivity contribution is 0.669. The van der Waals surface area contributed by atoms with Crippen LogP contribution in [0.3, 0.4) is 0 Å². The van der Waals surface area contributed by atoms with Crippen LogP contribution in [0.5, 0.6) is 0 Å². The number of fused-ring (bicyclic) bond motifs is 11. The Morgan fingerprint density at radius 1 is 0.352 bits per heavy atom. The predicted octanol–water partition coefficient (Wildman–Crippen LogP) is 13.4. The Morgan fingerprint density at radius 2 is 0.926 bits per heavy atom. The van der Waals surface area contributed by atoms with Crippen molar-refractivity contribution >= 4 is 76.6 Å². The molecule has 0 saturated carbocycles. The third-order valence-corrected chi connectivity index (χ3v) is 11.2. The second-order valence-corrected chi connectivity index (χ2v) is 14.1. The highest BCUT2D eigenvalue weighted by Gasteiger charge is 2.25. The second kappa shape index (κ2) is 11.1. The molecule has 0 unspecified atom stereocenters. The predicted molar refractivity (Wildman–Crippen MR) is 225 cm³/mol. The average Bonchev–Trinajstić information content (AvgIpc) is 3.97. The van der Waals surface area contributed by atoms with Gasteiger partial charge in [-0.05, 0) is 72.3 Å². The molecule has 4 nitrogen and oxygen atoms in total. The van der Waals surface area contributed by atoms with Crippen LogP contribution in [-0.2, 0) is 0 Å². The summed E-state index contributed by atoms with van der Waals surface area (Å²) in [5, 5.41) is 8.40. The summed E-state index contributed by atoms with van der Waals surface area (Å²) < 4.78 is 13.9. The van der Waals surface area contributed by atoms with E-state index in [1.54, 1.807) is 0 Å². The standard InChI is InChI=1S/C50H31N3O/c1-3-15-33(16-4-1)51-43-26-12-9-21-38(43)47-39-23-13-22-35(49(39)52(50(47)51)34-17-5-2-6-18-34)32-29-30-45-40(31-32)48-44(27-14-28-46(48)54-45)53-41-24-10-7-19-36(41)37-20-8-11-25-42(37)53/h1-31H. The van der Waals surface area contributed by atoms with Gasteiger partial charge in [0, 0.05) is 49.3 Å². The molecule has 12 aromatic rings. The minimum absolute atomic E-state index is 0.874. The molecule has 0 amide bonds. The molecule has 12 rings (SSSR count). The molecule has 0 radical (unpaired) electrons. The van der Waals surface area contributed by atoms with Gasteiger partial charge in [0.15, 0.2) is 0 Å². The van der Waals surface area contributed by atoms with Crippen LogP contribution in [0.15, 0.2) is 192 Å². The molecule has 4 heteroatoms. The van der Waals surface area contributed by atoms with Gasteiger partial charge in [0.2, 0.25) is 0 Å². The van der Waals surface area contributed by atoms with E-state index >= 15 is 0 Å². The Labute approximate surface area is 309 Å². The Hall–Kier alpha value is -7.30. The molecule has 8 aromatic carbocycles. The highest BCUT2D eigenvalue weighted by atomic mass is 16.3.